The van der Waals surface area contributed by atoms with Crippen molar-refractivity contribution < 1.29 is 29.2 Å². The van der Waals surface area contributed by atoms with Crippen LogP contribution >= 0.6 is 0 Å². The van der Waals surface area contributed by atoms with Gasteiger partial charge < -0.3 is 24.4 Å². The predicted octanol–water partition coefficient (Wildman–Crippen LogP) is 1.23. The van der Waals surface area contributed by atoms with Crippen LogP contribution in [-0.2, 0) is 19.0 Å². The van der Waals surface area contributed by atoms with Gasteiger partial charge in [-0.05, 0) is 34.6 Å². The molecule has 0 radical (unpaired) electrons. The van der Waals surface area contributed by atoms with E-state index in [1.54, 1.807) is 27.7 Å². The van der Waals surface area contributed by atoms with E-state index in [-0.39, 0.29) is 5.92 Å². The van der Waals surface area contributed by atoms with Crippen LogP contribution in [-0.4, -0.2) is 52.0 Å². The van der Waals surface area contributed by atoms with Crippen molar-refractivity contribution in [3.05, 3.63) is 0 Å². The number of carbonyl (C=O) groups excluding carboxylic acids is 1. The van der Waals surface area contributed by atoms with Crippen LogP contribution in [0.5, 0.6) is 0 Å². The number of carbonyl (C=O) groups is 1. The van der Waals surface area contributed by atoms with Gasteiger partial charge >= 0.3 is 5.97 Å². The van der Waals surface area contributed by atoms with E-state index < -0.39 is 41.8 Å². The number of rotatable bonds is 3. The van der Waals surface area contributed by atoms with Crippen molar-refractivity contribution in [3.63, 3.8) is 0 Å². The van der Waals surface area contributed by atoms with Crippen molar-refractivity contribution in [3.8, 4) is 0 Å². The highest BCUT2D eigenvalue weighted by molar-refractivity contribution is 5.71. The maximum absolute atomic E-state index is 11.8. The third kappa shape index (κ3) is 4.64. The lowest BCUT2D eigenvalue weighted by atomic mass is 9.89. The second-order valence-corrected chi connectivity index (χ2v) is 7.31. The summed E-state index contributed by atoms with van der Waals surface area (Å²) in [4.78, 5) is 11.8. The van der Waals surface area contributed by atoms with Gasteiger partial charge in [-0.25, -0.2) is 0 Å². The largest absolute Gasteiger partial charge is 0.456 e. The molecule has 0 aromatic heterocycles. The molecule has 4 atom stereocenters. The number of hydrogen-bond acceptors (Lipinski definition) is 6. The monoisotopic (exact) mass is 304 g/mol. The standard InChI is InChI=1S/C15H28O6/c1-8(2)12(18)19-10-9(16)13(20-14(3,4)5)21-15(6,7)11(10)17/h8-11,13,16-17H,1-7H3/t9-,10+,11?,13+/m0/s1. The number of ether oxygens (including phenoxy) is 3. The average Bonchev–Trinajstić information content (AvgIpc) is 2.29. The first-order valence-corrected chi connectivity index (χ1v) is 7.27. The Morgan fingerprint density at radius 3 is 2.19 bits per heavy atom. The van der Waals surface area contributed by atoms with Crippen LogP contribution in [0.1, 0.15) is 48.5 Å². The molecule has 1 aliphatic rings. The molecule has 1 rings (SSSR count). The minimum atomic E-state index is -1.25. The number of esters is 1. The lowest BCUT2D eigenvalue weighted by Gasteiger charge is -2.47. The summed E-state index contributed by atoms with van der Waals surface area (Å²) in [6.07, 6.45) is -4.46. The molecule has 0 aromatic rings. The van der Waals surface area contributed by atoms with Crippen LogP contribution in [0.4, 0.5) is 0 Å². The minimum absolute atomic E-state index is 0.350. The first kappa shape index (κ1) is 18.4. The molecule has 1 saturated heterocycles. The molecule has 6 heteroatoms. The van der Waals surface area contributed by atoms with Gasteiger partial charge in [0, 0.05) is 0 Å². The Morgan fingerprint density at radius 2 is 1.76 bits per heavy atom. The molecule has 0 spiro atoms. The van der Waals surface area contributed by atoms with E-state index in [9.17, 15) is 15.0 Å². The smallest absolute Gasteiger partial charge is 0.308 e. The molecule has 0 aliphatic carbocycles. The van der Waals surface area contributed by atoms with Gasteiger partial charge in [0.2, 0.25) is 0 Å². The minimum Gasteiger partial charge on any atom is -0.456 e. The fourth-order valence-corrected chi connectivity index (χ4v) is 2.02. The van der Waals surface area contributed by atoms with Gasteiger partial charge in [0.1, 0.15) is 12.2 Å². The average molecular weight is 304 g/mol. The Bertz CT molecular complexity index is 371. The maximum Gasteiger partial charge on any atom is 0.308 e. The SMILES string of the molecule is CC(C)C(=O)O[C@H]1C(O)C(C)(C)O[C@@H](OC(C)(C)C)[C@H]1O. The predicted molar refractivity (Wildman–Crippen MR) is 76.5 cm³/mol. The molecule has 21 heavy (non-hydrogen) atoms. The molecule has 1 heterocycles. The van der Waals surface area contributed by atoms with E-state index in [4.69, 9.17) is 14.2 Å². The fraction of sp³-hybridized carbons (Fsp3) is 0.933. The Labute approximate surface area is 126 Å². The van der Waals surface area contributed by atoms with Crippen molar-refractivity contribution in [1.29, 1.82) is 0 Å². The van der Waals surface area contributed by atoms with Gasteiger partial charge in [-0.15, -0.1) is 0 Å². The van der Waals surface area contributed by atoms with Crippen molar-refractivity contribution in [1.82, 2.24) is 0 Å². The summed E-state index contributed by atoms with van der Waals surface area (Å²) in [6, 6.07) is 0. The van der Waals surface area contributed by atoms with Crippen LogP contribution in [0.25, 0.3) is 0 Å². The normalized spacial score (nSPS) is 33.0. The zero-order chi connectivity index (χ0) is 16.6. The van der Waals surface area contributed by atoms with Crippen LogP contribution in [0.3, 0.4) is 0 Å². The van der Waals surface area contributed by atoms with Crippen molar-refractivity contribution in [2.45, 2.75) is 84.3 Å². The summed E-state index contributed by atoms with van der Waals surface area (Å²) in [7, 11) is 0. The molecule has 1 fully saturated rings. The molecule has 1 unspecified atom stereocenters. The topological polar surface area (TPSA) is 85.2 Å². The number of aliphatic hydroxyl groups is 2. The summed E-state index contributed by atoms with van der Waals surface area (Å²) >= 11 is 0. The third-order valence-electron chi connectivity index (χ3n) is 3.25. The molecular weight excluding hydrogens is 276 g/mol. The quantitative estimate of drug-likeness (QED) is 0.763. The second-order valence-electron chi connectivity index (χ2n) is 7.31. The van der Waals surface area contributed by atoms with Gasteiger partial charge in [-0.2, -0.15) is 0 Å². The summed E-state index contributed by atoms with van der Waals surface area (Å²) in [5.41, 5.74) is -1.55. The summed E-state index contributed by atoms with van der Waals surface area (Å²) in [5, 5.41) is 20.6. The lowest BCUT2D eigenvalue weighted by molar-refractivity contribution is -0.342. The Hall–Kier alpha value is -0.690. The first-order chi connectivity index (χ1) is 9.35. The third-order valence-corrected chi connectivity index (χ3v) is 3.25. The van der Waals surface area contributed by atoms with E-state index in [1.807, 2.05) is 20.8 Å². The van der Waals surface area contributed by atoms with Crippen LogP contribution in [0.15, 0.2) is 0 Å². The van der Waals surface area contributed by atoms with Gasteiger partial charge in [0.15, 0.2) is 12.4 Å². The van der Waals surface area contributed by atoms with Crippen molar-refractivity contribution >= 4 is 5.97 Å². The van der Waals surface area contributed by atoms with E-state index in [2.05, 4.69) is 0 Å². The van der Waals surface area contributed by atoms with E-state index in [0.717, 1.165) is 0 Å². The first-order valence-electron chi connectivity index (χ1n) is 7.27. The zero-order valence-corrected chi connectivity index (χ0v) is 13.9. The molecule has 0 saturated carbocycles. The van der Waals surface area contributed by atoms with Crippen LogP contribution in [0, 0.1) is 5.92 Å². The number of aliphatic hydroxyl groups excluding tert-OH is 2. The zero-order valence-electron chi connectivity index (χ0n) is 13.9. The van der Waals surface area contributed by atoms with E-state index in [1.165, 1.54) is 0 Å². The number of hydrogen-bond donors (Lipinski definition) is 2. The molecule has 0 bridgehead atoms. The van der Waals surface area contributed by atoms with Gasteiger partial charge in [-0.3, -0.25) is 4.79 Å². The highest BCUT2D eigenvalue weighted by Crippen LogP contribution is 2.33. The lowest BCUT2D eigenvalue weighted by Crippen LogP contribution is -2.64. The van der Waals surface area contributed by atoms with Crippen molar-refractivity contribution in [2.75, 3.05) is 0 Å². The van der Waals surface area contributed by atoms with Gasteiger partial charge in [-0.1, -0.05) is 13.8 Å². The van der Waals surface area contributed by atoms with Crippen LogP contribution < -0.4 is 0 Å². The van der Waals surface area contributed by atoms with Crippen molar-refractivity contribution in [2.24, 2.45) is 5.92 Å². The fourth-order valence-electron chi connectivity index (χ4n) is 2.02. The second kappa shape index (κ2) is 6.20. The molecular formula is C15H28O6. The Kier molecular flexibility index (Phi) is 5.42. The molecule has 1 aliphatic heterocycles. The Balaban J connectivity index is 2.95. The van der Waals surface area contributed by atoms with Gasteiger partial charge in [0.05, 0.1) is 17.1 Å². The maximum atomic E-state index is 11.8. The molecule has 0 amide bonds. The highest BCUT2D eigenvalue weighted by Gasteiger charge is 2.52. The Morgan fingerprint density at radius 1 is 1.24 bits per heavy atom. The molecule has 0 aromatic carbocycles. The molecule has 2 N–H and O–H groups in total. The summed E-state index contributed by atoms with van der Waals surface area (Å²) in [5.74, 6) is -0.831. The van der Waals surface area contributed by atoms with Crippen LogP contribution in [0.2, 0.25) is 0 Å². The highest BCUT2D eigenvalue weighted by atomic mass is 16.7. The summed E-state index contributed by atoms with van der Waals surface area (Å²) < 4.78 is 16.6. The van der Waals surface area contributed by atoms with E-state index >= 15 is 0 Å². The van der Waals surface area contributed by atoms with Gasteiger partial charge in [0.25, 0.3) is 0 Å². The molecule has 6 nitrogen and oxygen atoms in total. The molecule has 124 valence electrons. The van der Waals surface area contributed by atoms with E-state index in [0.29, 0.717) is 0 Å². The summed E-state index contributed by atoms with van der Waals surface area (Å²) in [6.45, 7) is 12.2.